The van der Waals surface area contributed by atoms with Crippen molar-refractivity contribution in [1.82, 2.24) is 9.88 Å². The Morgan fingerprint density at radius 2 is 2.38 bits per heavy atom. The van der Waals surface area contributed by atoms with Crippen molar-refractivity contribution >= 4 is 5.91 Å². The van der Waals surface area contributed by atoms with E-state index in [1.807, 2.05) is 22.9 Å². The summed E-state index contributed by atoms with van der Waals surface area (Å²) in [5, 5.41) is 11.9. The number of rotatable bonds is 6. The third-order valence-electron chi connectivity index (χ3n) is 2.37. The molecule has 1 atom stereocenters. The highest BCUT2D eigenvalue weighted by Crippen LogP contribution is 2.03. The molecule has 1 rings (SSSR count). The van der Waals surface area contributed by atoms with Crippen LogP contribution >= 0.6 is 0 Å². The summed E-state index contributed by atoms with van der Waals surface area (Å²) in [6.07, 6.45) is 3.12. The number of aliphatic hydroxyl groups excluding tert-OH is 1. The van der Waals surface area contributed by atoms with E-state index in [9.17, 15) is 4.79 Å². The molecule has 1 aromatic rings. The van der Waals surface area contributed by atoms with Crippen LogP contribution in [0, 0.1) is 0 Å². The molecule has 90 valence electrons. The van der Waals surface area contributed by atoms with Crippen LogP contribution in [-0.4, -0.2) is 28.2 Å². The van der Waals surface area contributed by atoms with Crippen molar-refractivity contribution in [3.05, 3.63) is 24.0 Å². The summed E-state index contributed by atoms with van der Waals surface area (Å²) in [6, 6.07) is 3.69. The second-order valence-corrected chi connectivity index (χ2v) is 3.98. The van der Waals surface area contributed by atoms with Gasteiger partial charge in [-0.15, -0.1) is 0 Å². The highest BCUT2D eigenvalue weighted by atomic mass is 16.3. The smallest absolute Gasteiger partial charge is 0.267 e. The summed E-state index contributed by atoms with van der Waals surface area (Å²) in [7, 11) is 0. The average Bonchev–Trinajstić information content (AvgIpc) is 2.66. The molecule has 1 heterocycles. The maximum Gasteiger partial charge on any atom is 0.267 e. The third kappa shape index (κ3) is 3.70. The lowest BCUT2D eigenvalue weighted by molar-refractivity contribution is 0.0936. The zero-order chi connectivity index (χ0) is 12.0. The zero-order valence-electron chi connectivity index (χ0n) is 9.94. The minimum Gasteiger partial charge on any atom is -0.393 e. The van der Waals surface area contributed by atoms with Crippen molar-refractivity contribution in [2.24, 2.45) is 0 Å². The topological polar surface area (TPSA) is 54.3 Å². The largest absolute Gasteiger partial charge is 0.393 e. The van der Waals surface area contributed by atoms with Gasteiger partial charge in [0.1, 0.15) is 5.69 Å². The summed E-state index contributed by atoms with van der Waals surface area (Å²) < 4.78 is 1.94. The normalized spacial score (nSPS) is 12.4. The second kappa shape index (κ2) is 6.33. The molecule has 4 heteroatoms. The average molecular weight is 224 g/mol. The van der Waals surface area contributed by atoms with E-state index in [1.165, 1.54) is 0 Å². The van der Waals surface area contributed by atoms with Gasteiger partial charge in [0.05, 0.1) is 6.10 Å². The monoisotopic (exact) mass is 224 g/mol. The predicted octanol–water partition coefficient (Wildman–Crippen LogP) is 1.40. The SMILES string of the molecule is CCCn1cccc1C(=O)NCCC(C)O. The first-order chi connectivity index (χ1) is 7.65. The Morgan fingerprint density at radius 3 is 3.00 bits per heavy atom. The number of hydrogen-bond acceptors (Lipinski definition) is 2. The van der Waals surface area contributed by atoms with Crippen LogP contribution in [0.4, 0.5) is 0 Å². The molecule has 1 aromatic heterocycles. The van der Waals surface area contributed by atoms with Crippen LogP contribution in [-0.2, 0) is 6.54 Å². The minimum absolute atomic E-state index is 0.0703. The van der Waals surface area contributed by atoms with Crippen LogP contribution in [0.15, 0.2) is 18.3 Å². The molecule has 0 aliphatic rings. The van der Waals surface area contributed by atoms with Gasteiger partial charge in [-0.3, -0.25) is 4.79 Å². The highest BCUT2D eigenvalue weighted by Gasteiger charge is 2.09. The van der Waals surface area contributed by atoms with E-state index < -0.39 is 0 Å². The number of aliphatic hydroxyl groups is 1. The summed E-state index contributed by atoms with van der Waals surface area (Å²) in [5.74, 6) is -0.0703. The Labute approximate surface area is 96.3 Å². The first-order valence-corrected chi connectivity index (χ1v) is 5.76. The minimum atomic E-state index is -0.372. The van der Waals surface area contributed by atoms with Gasteiger partial charge in [0.25, 0.3) is 5.91 Å². The summed E-state index contributed by atoms with van der Waals surface area (Å²) in [5.41, 5.74) is 0.687. The molecule has 0 radical (unpaired) electrons. The Kier molecular flexibility index (Phi) is 5.05. The molecule has 4 nitrogen and oxygen atoms in total. The molecular weight excluding hydrogens is 204 g/mol. The molecular formula is C12H20N2O2. The van der Waals surface area contributed by atoms with Crippen molar-refractivity contribution in [2.75, 3.05) is 6.54 Å². The van der Waals surface area contributed by atoms with Gasteiger partial charge in [-0.05, 0) is 31.9 Å². The molecule has 0 spiro atoms. The first kappa shape index (κ1) is 12.8. The maximum absolute atomic E-state index is 11.8. The fraction of sp³-hybridized carbons (Fsp3) is 0.583. The highest BCUT2D eigenvalue weighted by molar-refractivity contribution is 5.92. The fourth-order valence-electron chi connectivity index (χ4n) is 1.54. The first-order valence-electron chi connectivity index (χ1n) is 5.76. The van der Waals surface area contributed by atoms with Gasteiger partial charge >= 0.3 is 0 Å². The van der Waals surface area contributed by atoms with Gasteiger partial charge in [0, 0.05) is 19.3 Å². The molecule has 2 N–H and O–H groups in total. The number of carbonyl (C=O) groups excluding carboxylic acids is 1. The number of aromatic nitrogens is 1. The fourth-order valence-corrected chi connectivity index (χ4v) is 1.54. The summed E-state index contributed by atoms with van der Waals surface area (Å²) >= 11 is 0. The van der Waals surface area contributed by atoms with E-state index in [-0.39, 0.29) is 12.0 Å². The van der Waals surface area contributed by atoms with Gasteiger partial charge in [0.15, 0.2) is 0 Å². The van der Waals surface area contributed by atoms with Gasteiger partial charge in [-0.25, -0.2) is 0 Å². The summed E-state index contributed by atoms with van der Waals surface area (Å²) in [4.78, 5) is 11.8. The van der Waals surface area contributed by atoms with Gasteiger partial charge < -0.3 is 15.0 Å². The van der Waals surface area contributed by atoms with Crippen molar-refractivity contribution in [3.63, 3.8) is 0 Å². The quantitative estimate of drug-likeness (QED) is 0.767. The molecule has 0 aliphatic carbocycles. The Hall–Kier alpha value is -1.29. The van der Waals surface area contributed by atoms with E-state index in [0.29, 0.717) is 18.7 Å². The standard InChI is InChI=1S/C12H20N2O2/c1-3-8-14-9-4-5-11(14)12(16)13-7-6-10(2)15/h4-5,9-10,15H,3,6-8H2,1-2H3,(H,13,16). The second-order valence-electron chi connectivity index (χ2n) is 3.98. The molecule has 0 saturated heterocycles. The van der Waals surface area contributed by atoms with E-state index >= 15 is 0 Å². The lowest BCUT2D eigenvalue weighted by atomic mass is 10.3. The molecule has 1 amide bonds. The van der Waals surface area contributed by atoms with Gasteiger partial charge in [-0.2, -0.15) is 0 Å². The zero-order valence-corrected chi connectivity index (χ0v) is 9.94. The van der Waals surface area contributed by atoms with E-state index in [4.69, 9.17) is 5.11 Å². The third-order valence-corrected chi connectivity index (χ3v) is 2.37. The molecule has 0 aliphatic heterocycles. The predicted molar refractivity (Wildman–Crippen MR) is 63.4 cm³/mol. The molecule has 0 aromatic carbocycles. The molecule has 1 unspecified atom stereocenters. The Balaban J connectivity index is 2.49. The lowest BCUT2D eigenvalue weighted by Gasteiger charge is -2.09. The van der Waals surface area contributed by atoms with E-state index in [2.05, 4.69) is 12.2 Å². The van der Waals surface area contributed by atoms with Crippen molar-refractivity contribution in [2.45, 2.75) is 39.3 Å². The van der Waals surface area contributed by atoms with E-state index in [0.717, 1.165) is 13.0 Å². The van der Waals surface area contributed by atoms with Gasteiger partial charge in [-0.1, -0.05) is 6.92 Å². The summed E-state index contributed by atoms with van der Waals surface area (Å²) in [6.45, 7) is 5.15. The number of aryl methyl sites for hydroxylation is 1. The van der Waals surface area contributed by atoms with Crippen LogP contribution in [0.2, 0.25) is 0 Å². The number of nitrogens with zero attached hydrogens (tertiary/aromatic N) is 1. The van der Waals surface area contributed by atoms with Gasteiger partial charge in [0.2, 0.25) is 0 Å². The number of nitrogens with one attached hydrogen (secondary N) is 1. The van der Waals surface area contributed by atoms with Crippen LogP contribution in [0.25, 0.3) is 0 Å². The van der Waals surface area contributed by atoms with Crippen LogP contribution in [0.1, 0.15) is 37.2 Å². The molecule has 0 fully saturated rings. The molecule has 16 heavy (non-hydrogen) atoms. The molecule has 0 bridgehead atoms. The number of amides is 1. The molecule has 0 saturated carbocycles. The number of hydrogen-bond donors (Lipinski definition) is 2. The van der Waals surface area contributed by atoms with E-state index in [1.54, 1.807) is 6.92 Å². The Morgan fingerprint density at radius 1 is 1.62 bits per heavy atom. The van der Waals surface area contributed by atoms with Crippen molar-refractivity contribution < 1.29 is 9.90 Å². The maximum atomic E-state index is 11.8. The van der Waals surface area contributed by atoms with Crippen molar-refractivity contribution in [1.29, 1.82) is 0 Å². The number of carbonyl (C=O) groups is 1. The van der Waals surface area contributed by atoms with Crippen molar-refractivity contribution in [3.8, 4) is 0 Å². The Bertz CT molecular complexity index is 332. The lowest BCUT2D eigenvalue weighted by Crippen LogP contribution is -2.28. The van der Waals surface area contributed by atoms with Crippen LogP contribution in [0.3, 0.4) is 0 Å². The van der Waals surface area contributed by atoms with Crippen LogP contribution in [0.5, 0.6) is 0 Å². The van der Waals surface area contributed by atoms with Crippen LogP contribution < -0.4 is 5.32 Å².